The Labute approximate surface area is 108 Å². The summed E-state index contributed by atoms with van der Waals surface area (Å²) >= 11 is 0. The second-order valence-electron chi connectivity index (χ2n) is 7.46. The molecular weight excluding hydrogens is 206 g/mol. The molecule has 4 atom stereocenters. The Morgan fingerprint density at radius 3 is 2.53 bits per heavy atom. The zero-order valence-electron chi connectivity index (χ0n) is 12.3. The maximum absolute atomic E-state index is 3.99. The van der Waals surface area contributed by atoms with Gasteiger partial charge in [0.2, 0.25) is 0 Å². The van der Waals surface area contributed by atoms with Crippen molar-refractivity contribution in [2.24, 2.45) is 17.3 Å². The number of hydrogen-bond donors (Lipinski definition) is 1. The Bertz CT molecular complexity index is 246. The standard InChI is InChI=1S/C16H31N/c1-5-13-7-6-8-14(9-13)17-15-11-16(3,4)10-12(15)2/h12-15,17H,5-11H2,1-4H3. The molecule has 0 amide bonds. The zero-order valence-corrected chi connectivity index (χ0v) is 12.3. The van der Waals surface area contributed by atoms with E-state index in [0.29, 0.717) is 5.41 Å². The van der Waals surface area contributed by atoms with Crippen LogP contribution in [0.5, 0.6) is 0 Å². The molecule has 0 spiro atoms. The van der Waals surface area contributed by atoms with E-state index in [1.54, 1.807) is 0 Å². The smallest absolute Gasteiger partial charge is 0.0101 e. The Hall–Kier alpha value is -0.0400. The molecule has 2 saturated carbocycles. The van der Waals surface area contributed by atoms with Gasteiger partial charge in [-0.15, -0.1) is 0 Å². The fourth-order valence-corrected chi connectivity index (χ4v) is 4.23. The molecular formula is C16H31N. The van der Waals surface area contributed by atoms with Crippen molar-refractivity contribution in [3.63, 3.8) is 0 Å². The molecule has 1 N–H and O–H groups in total. The van der Waals surface area contributed by atoms with E-state index in [9.17, 15) is 0 Å². The third-order valence-corrected chi connectivity index (χ3v) is 5.14. The van der Waals surface area contributed by atoms with E-state index in [4.69, 9.17) is 0 Å². The first-order valence-electron chi connectivity index (χ1n) is 7.76. The third-order valence-electron chi connectivity index (χ3n) is 5.14. The Balaban J connectivity index is 1.84. The lowest BCUT2D eigenvalue weighted by molar-refractivity contribution is 0.246. The first kappa shape index (κ1) is 13.4. The fourth-order valence-electron chi connectivity index (χ4n) is 4.23. The van der Waals surface area contributed by atoms with Gasteiger partial charge in [-0.05, 0) is 42.9 Å². The van der Waals surface area contributed by atoms with Crippen LogP contribution in [-0.4, -0.2) is 12.1 Å². The molecule has 2 aliphatic carbocycles. The summed E-state index contributed by atoms with van der Waals surface area (Å²) < 4.78 is 0. The highest BCUT2D eigenvalue weighted by atomic mass is 15.0. The van der Waals surface area contributed by atoms with Crippen LogP contribution in [0.4, 0.5) is 0 Å². The van der Waals surface area contributed by atoms with E-state index in [-0.39, 0.29) is 0 Å². The summed E-state index contributed by atoms with van der Waals surface area (Å²) in [6, 6.07) is 1.60. The number of rotatable bonds is 3. The molecule has 4 unspecified atom stereocenters. The van der Waals surface area contributed by atoms with Crippen LogP contribution in [0.1, 0.15) is 72.6 Å². The summed E-state index contributed by atoms with van der Waals surface area (Å²) in [5.41, 5.74) is 0.565. The van der Waals surface area contributed by atoms with Crippen molar-refractivity contribution in [2.75, 3.05) is 0 Å². The predicted molar refractivity (Wildman–Crippen MR) is 75.1 cm³/mol. The minimum absolute atomic E-state index is 0.565. The minimum Gasteiger partial charge on any atom is -0.311 e. The predicted octanol–water partition coefficient (Wildman–Crippen LogP) is 4.37. The first-order chi connectivity index (χ1) is 8.00. The molecule has 2 fully saturated rings. The third kappa shape index (κ3) is 3.47. The van der Waals surface area contributed by atoms with Crippen LogP contribution in [0, 0.1) is 17.3 Å². The van der Waals surface area contributed by atoms with Gasteiger partial charge < -0.3 is 5.32 Å². The molecule has 0 saturated heterocycles. The highest BCUT2D eigenvalue weighted by Gasteiger charge is 2.37. The second-order valence-corrected chi connectivity index (χ2v) is 7.46. The minimum atomic E-state index is 0.565. The summed E-state index contributed by atoms with van der Waals surface area (Å²) in [4.78, 5) is 0. The van der Waals surface area contributed by atoms with Crippen molar-refractivity contribution in [2.45, 2.75) is 84.7 Å². The lowest BCUT2D eigenvalue weighted by Crippen LogP contribution is -2.42. The highest BCUT2D eigenvalue weighted by molar-refractivity contribution is 4.93. The van der Waals surface area contributed by atoms with E-state index in [2.05, 4.69) is 33.0 Å². The highest BCUT2D eigenvalue weighted by Crippen LogP contribution is 2.41. The first-order valence-corrected chi connectivity index (χ1v) is 7.76. The maximum Gasteiger partial charge on any atom is 0.0101 e. The topological polar surface area (TPSA) is 12.0 Å². The lowest BCUT2D eigenvalue weighted by atomic mass is 9.83. The molecule has 0 bridgehead atoms. The van der Waals surface area contributed by atoms with Crippen LogP contribution in [-0.2, 0) is 0 Å². The van der Waals surface area contributed by atoms with Gasteiger partial charge >= 0.3 is 0 Å². The molecule has 17 heavy (non-hydrogen) atoms. The molecule has 1 nitrogen and oxygen atoms in total. The van der Waals surface area contributed by atoms with Gasteiger partial charge in [-0.3, -0.25) is 0 Å². The Morgan fingerprint density at radius 1 is 1.18 bits per heavy atom. The van der Waals surface area contributed by atoms with Crippen LogP contribution in [0.25, 0.3) is 0 Å². The van der Waals surface area contributed by atoms with Crippen LogP contribution >= 0.6 is 0 Å². The van der Waals surface area contributed by atoms with Gasteiger partial charge in [0.1, 0.15) is 0 Å². The van der Waals surface area contributed by atoms with Crippen molar-refractivity contribution < 1.29 is 0 Å². The van der Waals surface area contributed by atoms with Crippen LogP contribution in [0.2, 0.25) is 0 Å². The largest absolute Gasteiger partial charge is 0.311 e. The van der Waals surface area contributed by atoms with Crippen molar-refractivity contribution in [1.82, 2.24) is 5.32 Å². The number of nitrogens with one attached hydrogen (secondary N) is 1. The monoisotopic (exact) mass is 237 g/mol. The van der Waals surface area contributed by atoms with E-state index in [1.165, 1.54) is 44.9 Å². The van der Waals surface area contributed by atoms with Gasteiger partial charge in [0.05, 0.1) is 0 Å². The molecule has 2 rings (SSSR count). The summed E-state index contributed by atoms with van der Waals surface area (Å²) in [5, 5.41) is 3.99. The zero-order chi connectivity index (χ0) is 12.5. The van der Waals surface area contributed by atoms with Crippen molar-refractivity contribution in [3.8, 4) is 0 Å². The summed E-state index contributed by atoms with van der Waals surface area (Å²) in [5.74, 6) is 1.86. The van der Waals surface area contributed by atoms with Crippen molar-refractivity contribution >= 4 is 0 Å². The van der Waals surface area contributed by atoms with Crippen LogP contribution in [0.15, 0.2) is 0 Å². The molecule has 1 heteroatoms. The van der Waals surface area contributed by atoms with Crippen LogP contribution in [0.3, 0.4) is 0 Å². The molecule has 100 valence electrons. The van der Waals surface area contributed by atoms with Gasteiger partial charge in [-0.1, -0.05) is 47.0 Å². The fraction of sp³-hybridized carbons (Fsp3) is 1.00. The van der Waals surface area contributed by atoms with E-state index in [0.717, 1.165) is 23.9 Å². The molecule has 0 aromatic rings. The molecule has 0 aliphatic heterocycles. The Kier molecular flexibility index (Phi) is 4.18. The molecule has 2 aliphatic rings. The van der Waals surface area contributed by atoms with Gasteiger partial charge in [-0.2, -0.15) is 0 Å². The molecule has 0 aromatic carbocycles. The summed E-state index contributed by atoms with van der Waals surface area (Å²) in [6.45, 7) is 9.66. The van der Waals surface area contributed by atoms with E-state index in [1.807, 2.05) is 0 Å². The van der Waals surface area contributed by atoms with Gasteiger partial charge in [0.15, 0.2) is 0 Å². The molecule has 0 radical (unpaired) electrons. The molecule has 0 heterocycles. The van der Waals surface area contributed by atoms with Crippen molar-refractivity contribution in [1.29, 1.82) is 0 Å². The summed E-state index contributed by atoms with van der Waals surface area (Å²) in [7, 11) is 0. The van der Waals surface area contributed by atoms with E-state index >= 15 is 0 Å². The van der Waals surface area contributed by atoms with Gasteiger partial charge in [0.25, 0.3) is 0 Å². The van der Waals surface area contributed by atoms with E-state index < -0.39 is 0 Å². The van der Waals surface area contributed by atoms with Crippen LogP contribution < -0.4 is 5.32 Å². The summed E-state index contributed by atoms with van der Waals surface area (Å²) in [6.07, 6.45) is 9.92. The average Bonchev–Trinajstić information content (AvgIpc) is 2.52. The lowest BCUT2D eigenvalue weighted by Gasteiger charge is -2.32. The second kappa shape index (κ2) is 5.30. The average molecular weight is 237 g/mol. The van der Waals surface area contributed by atoms with Gasteiger partial charge in [-0.25, -0.2) is 0 Å². The molecule has 0 aromatic heterocycles. The van der Waals surface area contributed by atoms with Gasteiger partial charge in [0, 0.05) is 12.1 Å². The van der Waals surface area contributed by atoms with Crippen molar-refractivity contribution in [3.05, 3.63) is 0 Å². The maximum atomic E-state index is 3.99. The number of hydrogen-bond acceptors (Lipinski definition) is 1. The quantitative estimate of drug-likeness (QED) is 0.768. The Morgan fingerprint density at radius 2 is 1.94 bits per heavy atom. The normalized spacial score (nSPS) is 41.6. The SMILES string of the molecule is CCC1CCCC(NC2CC(C)(C)CC2C)C1.